The summed E-state index contributed by atoms with van der Waals surface area (Å²) >= 11 is 0. The van der Waals surface area contributed by atoms with Gasteiger partial charge in [-0.3, -0.25) is 4.74 Å². The first-order chi connectivity index (χ1) is 9.47. The average Bonchev–Trinajstić information content (AvgIpc) is 2.23. The number of hydrogen-bond donors (Lipinski definition) is 0. The van der Waals surface area contributed by atoms with E-state index in [0.29, 0.717) is 0 Å². The van der Waals surface area contributed by atoms with Crippen molar-refractivity contribution in [2.24, 2.45) is 0 Å². The minimum Gasteiger partial charge on any atom is -0.304 e. The fourth-order valence-electron chi connectivity index (χ4n) is 0.758. The lowest BCUT2D eigenvalue weighted by Gasteiger charge is -2.33. The Hall–Kier alpha value is -0.960. The Kier molecular flexibility index (Phi) is 6.00. The van der Waals surface area contributed by atoms with Gasteiger partial charge in [-0.15, -0.1) is 0 Å². The van der Waals surface area contributed by atoms with Gasteiger partial charge in [-0.05, 0) is 4.53 Å². The van der Waals surface area contributed by atoms with E-state index in [9.17, 15) is 52.8 Å². The summed E-state index contributed by atoms with van der Waals surface area (Å²) in [6, 6.07) is 0. The maximum atomic E-state index is 13.0. The summed E-state index contributed by atoms with van der Waals surface area (Å²) in [5.74, 6) is -5.78. The van der Waals surface area contributed by atoms with E-state index < -0.39 is 43.6 Å². The summed E-state index contributed by atoms with van der Waals surface area (Å²) in [6.07, 6.45) is -24.9. The summed E-state index contributed by atoms with van der Waals surface area (Å²) in [7, 11) is 0. The monoisotopic (exact) mass is 364 g/mol. The molecule has 0 aliphatic rings. The van der Waals surface area contributed by atoms with Crippen molar-refractivity contribution in [1.82, 2.24) is 0 Å². The molecule has 0 bridgehead atoms. The SMILES string of the molecule is FOCC(F)(OC(F)(F)C(F)(F)OCC(F)(F)F)C(F)(F)F. The fraction of sp³-hybridized carbons (Fsp3) is 1.00. The quantitative estimate of drug-likeness (QED) is 0.642. The van der Waals surface area contributed by atoms with Gasteiger partial charge >= 0.3 is 30.4 Å². The number of halogens is 12. The smallest absolute Gasteiger partial charge is 0.304 e. The molecule has 0 amide bonds. The van der Waals surface area contributed by atoms with Gasteiger partial charge in [0.1, 0.15) is 6.61 Å². The number of hydrogen-bond acceptors (Lipinski definition) is 3. The molecule has 0 aromatic carbocycles. The van der Waals surface area contributed by atoms with E-state index in [-0.39, 0.29) is 0 Å². The van der Waals surface area contributed by atoms with Crippen LogP contribution in [0.4, 0.5) is 52.8 Å². The third-order valence-electron chi connectivity index (χ3n) is 1.71. The van der Waals surface area contributed by atoms with Crippen LogP contribution in [0.15, 0.2) is 0 Å². The zero-order valence-corrected chi connectivity index (χ0v) is 9.67. The fourth-order valence-corrected chi connectivity index (χ4v) is 0.758. The molecular weight excluding hydrogens is 360 g/mol. The molecule has 0 saturated heterocycles. The maximum Gasteiger partial charge on any atom is 0.451 e. The van der Waals surface area contributed by atoms with Crippen LogP contribution in [-0.2, 0) is 14.4 Å². The molecule has 0 aromatic heterocycles. The first-order valence-corrected chi connectivity index (χ1v) is 4.63. The van der Waals surface area contributed by atoms with Gasteiger partial charge in [-0.2, -0.15) is 53.2 Å². The molecule has 3 nitrogen and oxygen atoms in total. The molecule has 0 heterocycles. The Morgan fingerprint density at radius 3 is 1.41 bits per heavy atom. The molecule has 22 heavy (non-hydrogen) atoms. The first kappa shape index (κ1) is 21.0. The van der Waals surface area contributed by atoms with Crippen LogP contribution in [0.1, 0.15) is 0 Å². The summed E-state index contributed by atoms with van der Waals surface area (Å²) < 4.78 is 150. The third kappa shape index (κ3) is 5.35. The van der Waals surface area contributed by atoms with Crippen LogP contribution in [0.5, 0.6) is 0 Å². The van der Waals surface area contributed by atoms with Gasteiger partial charge in [0.15, 0.2) is 6.61 Å². The molecule has 15 heteroatoms. The Balaban J connectivity index is 5.27. The van der Waals surface area contributed by atoms with Crippen LogP contribution < -0.4 is 0 Å². The minimum atomic E-state index is -6.54. The number of ether oxygens (including phenoxy) is 2. The van der Waals surface area contributed by atoms with E-state index in [1.54, 1.807) is 0 Å². The zero-order chi connectivity index (χ0) is 18.0. The molecule has 0 rings (SSSR count). The minimum absolute atomic E-state index is 2.09. The Morgan fingerprint density at radius 1 is 0.636 bits per heavy atom. The Labute approximate surface area is 112 Å². The number of alkyl halides is 11. The second-order valence-corrected chi connectivity index (χ2v) is 3.52. The lowest BCUT2D eigenvalue weighted by Crippen LogP contribution is -2.57. The molecule has 1 unspecified atom stereocenters. The van der Waals surface area contributed by atoms with Crippen molar-refractivity contribution >= 4 is 0 Å². The van der Waals surface area contributed by atoms with Crippen LogP contribution in [-0.4, -0.2) is 43.6 Å². The van der Waals surface area contributed by atoms with Crippen LogP contribution in [0.25, 0.3) is 0 Å². The maximum absolute atomic E-state index is 13.0. The average molecular weight is 364 g/mol. The van der Waals surface area contributed by atoms with E-state index in [1.165, 1.54) is 0 Å². The zero-order valence-electron chi connectivity index (χ0n) is 9.67. The summed E-state index contributed by atoms with van der Waals surface area (Å²) in [5, 5.41) is 0. The molecular formula is C7H4F12O3. The second kappa shape index (κ2) is 6.27. The van der Waals surface area contributed by atoms with E-state index in [0.717, 1.165) is 0 Å². The molecule has 0 spiro atoms. The van der Waals surface area contributed by atoms with Crippen molar-refractivity contribution in [3.63, 3.8) is 0 Å². The van der Waals surface area contributed by atoms with Gasteiger partial charge < -0.3 is 4.74 Å². The van der Waals surface area contributed by atoms with E-state index in [4.69, 9.17) is 0 Å². The molecule has 0 aliphatic heterocycles. The molecule has 0 fully saturated rings. The van der Waals surface area contributed by atoms with E-state index >= 15 is 0 Å². The van der Waals surface area contributed by atoms with Gasteiger partial charge in [0.25, 0.3) is 0 Å². The molecule has 0 N–H and O–H groups in total. The van der Waals surface area contributed by atoms with Gasteiger partial charge in [0.2, 0.25) is 0 Å². The first-order valence-electron chi connectivity index (χ1n) is 4.63. The highest BCUT2D eigenvalue weighted by Gasteiger charge is 2.70. The molecule has 134 valence electrons. The van der Waals surface area contributed by atoms with Crippen molar-refractivity contribution in [3.8, 4) is 0 Å². The van der Waals surface area contributed by atoms with Crippen molar-refractivity contribution < 1.29 is 67.2 Å². The van der Waals surface area contributed by atoms with Gasteiger partial charge in [-0.1, -0.05) is 0 Å². The summed E-state index contributed by atoms with van der Waals surface area (Å²) in [5.41, 5.74) is 0. The Morgan fingerprint density at radius 2 is 1.09 bits per heavy atom. The topological polar surface area (TPSA) is 27.7 Å². The highest BCUT2D eigenvalue weighted by Crippen LogP contribution is 2.45. The summed E-state index contributed by atoms with van der Waals surface area (Å²) in [6.45, 7) is -5.95. The number of rotatable bonds is 7. The molecule has 0 aromatic rings. The van der Waals surface area contributed by atoms with Crippen LogP contribution in [0, 0.1) is 0 Å². The second-order valence-electron chi connectivity index (χ2n) is 3.52. The largest absolute Gasteiger partial charge is 0.451 e. The normalized spacial score (nSPS) is 17.5. The predicted octanol–water partition coefficient (Wildman–Crippen LogP) is 3.90. The highest BCUT2D eigenvalue weighted by molar-refractivity contribution is 4.81. The van der Waals surface area contributed by atoms with Crippen LogP contribution in [0.3, 0.4) is 0 Å². The molecule has 0 radical (unpaired) electrons. The molecule has 0 aliphatic carbocycles. The lowest BCUT2D eigenvalue weighted by atomic mass is 10.3. The van der Waals surface area contributed by atoms with E-state index in [1.807, 2.05) is 0 Å². The van der Waals surface area contributed by atoms with Gasteiger partial charge in [0, 0.05) is 0 Å². The van der Waals surface area contributed by atoms with E-state index in [2.05, 4.69) is 14.4 Å². The molecule has 0 saturated carbocycles. The van der Waals surface area contributed by atoms with Crippen molar-refractivity contribution in [1.29, 1.82) is 0 Å². The predicted molar refractivity (Wildman–Crippen MR) is 39.9 cm³/mol. The van der Waals surface area contributed by atoms with Crippen molar-refractivity contribution in [2.45, 2.75) is 30.4 Å². The van der Waals surface area contributed by atoms with Crippen molar-refractivity contribution in [2.75, 3.05) is 13.2 Å². The Bertz CT molecular complexity index is 363. The van der Waals surface area contributed by atoms with Gasteiger partial charge in [0.05, 0.1) is 0 Å². The van der Waals surface area contributed by atoms with Gasteiger partial charge in [-0.25, -0.2) is 0 Å². The lowest BCUT2D eigenvalue weighted by molar-refractivity contribution is -0.501. The van der Waals surface area contributed by atoms with Crippen molar-refractivity contribution in [3.05, 3.63) is 0 Å². The third-order valence-corrected chi connectivity index (χ3v) is 1.71. The van der Waals surface area contributed by atoms with Crippen LogP contribution in [0.2, 0.25) is 0 Å². The highest BCUT2D eigenvalue weighted by atomic mass is 19.4. The van der Waals surface area contributed by atoms with Crippen LogP contribution >= 0.6 is 0 Å². The standard InChI is InChI=1S/C7H4F12O3/c8-3(1-21-19,5(12,13)14)22-7(17,18)6(15,16)20-2-4(9,10)11/h1-2H2. The molecule has 1 atom stereocenters. The summed E-state index contributed by atoms with van der Waals surface area (Å²) in [4.78, 5) is 2.09.